The van der Waals surface area contributed by atoms with Crippen LogP contribution in [0, 0.1) is 0 Å². The average Bonchev–Trinajstić information content (AvgIpc) is 2.38. The molecule has 1 rings (SSSR count). The zero-order valence-corrected chi connectivity index (χ0v) is 11.2. The molecule has 0 aromatic heterocycles. The summed E-state index contributed by atoms with van der Waals surface area (Å²) in [5.41, 5.74) is 6.68. The Kier molecular flexibility index (Phi) is 5.45. The van der Waals surface area contributed by atoms with E-state index in [0.717, 1.165) is 13.1 Å². The van der Waals surface area contributed by atoms with Crippen molar-refractivity contribution in [2.24, 2.45) is 0 Å². The number of benzene rings is 1. The van der Waals surface area contributed by atoms with Gasteiger partial charge in [0.15, 0.2) is 0 Å². The minimum atomic E-state index is -0.170. The molecule has 0 aliphatic rings. The highest BCUT2D eigenvalue weighted by molar-refractivity contribution is 6.00. The number of nitrogens with one attached hydrogen (secondary N) is 1. The molecule has 0 radical (unpaired) electrons. The minimum Gasteiger partial charge on any atom is -0.495 e. The van der Waals surface area contributed by atoms with E-state index in [1.165, 1.54) is 7.11 Å². The second-order valence-electron chi connectivity index (χ2n) is 4.07. The summed E-state index contributed by atoms with van der Waals surface area (Å²) in [6.45, 7) is 4.44. The fraction of sp³-hybridized carbons (Fsp3) is 0.462. The fourth-order valence-electron chi connectivity index (χ4n) is 1.53. The molecule has 0 atom stereocenters. The monoisotopic (exact) mass is 251 g/mol. The van der Waals surface area contributed by atoms with Gasteiger partial charge in [-0.2, -0.15) is 0 Å². The van der Waals surface area contributed by atoms with Crippen molar-refractivity contribution < 1.29 is 9.53 Å². The number of likely N-dealkylation sites (N-methyl/N-ethyl adjacent to an activating group) is 1. The molecule has 5 nitrogen and oxygen atoms in total. The average molecular weight is 251 g/mol. The first-order valence-electron chi connectivity index (χ1n) is 5.99. The van der Waals surface area contributed by atoms with Crippen molar-refractivity contribution in [3.8, 4) is 5.75 Å². The van der Waals surface area contributed by atoms with Crippen molar-refractivity contribution in [3.63, 3.8) is 0 Å². The maximum atomic E-state index is 11.9. The van der Waals surface area contributed by atoms with Crippen molar-refractivity contribution >= 4 is 11.6 Å². The summed E-state index contributed by atoms with van der Waals surface area (Å²) in [5.74, 6) is 0.351. The van der Waals surface area contributed by atoms with Crippen LogP contribution >= 0.6 is 0 Å². The number of nitrogens with zero attached hydrogens (tertiary/aromatic N) is 1. The maximum absolute atomic E-state index is 11.9. The van der Waals surface area contributed by atoms with E-state index >= 15 is 0 Å². The van der Waals surface area contributed by atoms with Crippen LogP contribution < -0.4 is 15.8 Å². The van der Waals surface area contributed by atoms with Gasteiger partial charge in [0.1, 0.15) is 5.75 Å². The molecule has 5 heteroatoms. The number of hydrogen-bond acceptors (Lipinski definition) is 4. The molecule has 0 heterocycles. The van der Waals surface area contributed by atoms with Crippen molar-refractivity contribution in [2.75, 3.05) is 39.5 Å². The Labute approximate surface area is 108 Å². The highest BCUT2D eigenvalue weighted by Gasteiger charge is 2.12. The van der Waals surface area contributed by atoms with Crippen molar-refractivity contribution in [1.82, 2.24) is 10.2 Å². The molecule has 1 aromatic carbocycles. The maximum Gasteiger partial charge on any atom is 0.253 e. The van der Waals surface area contributed by atoms with E-state index < -0.39 is 0 Å². The molecule has 0 spiro atoms. The number of amides is 1. The Hall–Kier alpha value is -1.75. The molecule has 0 saturated carbocycles. The van der Waals surface area contributed by atoms with Gasteiger partial charge in [-0.1, -0.05) is 13.0 Å². The number of hydrogen-bond donors (Lipinski definition) is 2. The first kappa shape index (κ1) is 14.3. The molecule has 100 valence electrons. The van der Waals surface area contributed by atoms with E-state index in [4.69, 9.17) is 10.5 Å². The second kappa shape index (κ2) is 6.86. The normalized spacial score (nSPS) is 10.4. The predicted octanol–water partition coefficient (Wildman–Crippen LogP) is 0.959. The van der Waals surface area contributed by atoms with E-state index in [2.05, 4.69) is 17.1 Å². The van der Waals surface area contributed by atoms with Crippen LogP contribution in [0.15, 0.2) is 18.2 Å². The molecule has 18 heavy (non-hydrogen) atoms. The van der Waals surface area contributed by atoms with Crippen LogP contribution in [0.25, 0.3) is 0 Å². The molecule has 0 bridgehead atoms. The highest BCUT2D eigenvalue weighted by atomic mass is 16.5. The summed E-state index contributed by atoms with van der Waals surface area (Å²) >= 11 is 0. The van der Waals surface area contributed by atoms with Gasteiger partial charge in [-0.15, -0.1) is 0 Å². The number of para-hydroxylation sites is 1. The number of carbonyl (C=O) groups excluding carboxylic acids is 1. The minimum absolute atomic E-state index is 0.170. The lowest BCUT2D eigenvalue weighted by atomic mass is 10.1. The van der Waals surface area contributed by atoms with Crippen LogP contribution in [-0.2, 0) is 0 Å². The van der Waals surface area contributed by atoms with Crippen LogP contribution in [0.2, 0.25) is 0 Å². The number of carbonyl (C=O) groups is 1. The zero-order chi connectivity index (χ0) is 13.5. The van der Waals surface area contributed by atoms with Crippen LogP contribution in [-0.4, -0.2) is 44.6 Å². The summed E-state index contributed by atoms with van der Waals surface area (Å²) in [7, 11) is 3.54. The first-order valence-corrected chi connectivity index (χ1v) is 5.99. The molecule has 0 aliphatic carbocycles. The third-order valence-electron chi connectivity index (χ3n) is 2.85. The van der Waals surface area contributed by atoms with Crippen molar-refractivity contribution in [3.05, 3.63) is 23.8 Å². The molecule has 0 saturated heterocycles. The first-order chi connectivity index (χ1) is 8.60. The number of ether oxygens (including phenoxy) is 1. The lowest BCUT2D eigenvalue weighted by Gasteiger charge is -2.15. The lowest BCUT2D eigenvalue weighted by Crippen LogP contribution is -2.33. The molecule has 0 unspecified atom stereocenters. The van der Waals surface area contributed by atoms with Gasteiger partial charge in [0, 0.05) is 13.1 Å². The Morgan fingerprint density at radius 2 is 2.22 bits per heavy atom. The fourth-order valence-corrected chi connectivity index (χ4v) is 1.53. The Morgan fingerprint density at radius 3 is 2.83 bits per heavy atom. The zero-order valence-electron chi connectivity index (χ0n) is 11.2. The highest BCUT2D eigenvalue weighted by Crippen LogP contribution is 2.24. The van der Waals surface area contributed by atoms with E-state index in [0.29, 0.717) is 23.5 Å². The second-order valence-corrected chi connectivity index (χ2v) is 4.07. The van der Waals surface area contributed by atoms with Gasteiger partial charge in [-0.3, -0.25) is 4.79 Å². The summed E-state index contributed by atoms with van der Waals surface area (Å²) < 4.78 is 5.08. The SMILES string of the molecule is CCN(C)CCNC(=O)c1cccc(OC)c1N. The van der Waals surface area contributed by atoms with Crippen LogP contribution in [0.4, 0.5) is 5.69 Å². The third kappa shape index (κ3) is 3.63. The van der Waals surface area contributed by atoms with Gasteiger partial charge >= 0.3 is 0 Å². The Balaban J connectivity index is 2.62. The van der Waals surface area contributed by atoms with Gasteiger partial charge in [0.2, 0.25) is 0 Å². The molecule has 0 aliphatic heterocycles. The van der Waals surface area contributed by atoms with Gasteiger partial charge in [0.25, 0.3) is 5.91 Å². The van der Waals surface area contributed by atoms with Gasteiger partial charge < -0.3 is 20.7 Å². The number of rotatable bonds is 6. The van der Waals surface area contributed by atoms with Crippen LogP contribution in [0.5, 0.6) is 5.75 Å². The van der Waals surface area contributed by atoms with E-state index in [1.54, 1.807) is 18.2 Å². The van der Waals surface area contributed by atoms with Crippen molar-refractivity contribution in [2.45, 2.75) is 6.92 Å². The summed E-state index contributed by atoms with van der Waals surface area (Å²) in [5, 5.41) is 2.84. The summed E-state index contributed by atoms with van der Waals surface area (Å²) in [4.78, 5) is 14.1. The topological polar surface area (TPSA) is 67.6 Å². The Bertz CT molecular complexity index is 407. The number of nitrogens with two attached hydrogens (primary N) is 1. The molecule has 1 aromatic rings. The summed E-state index contributed by atoms with van der Waals surface area (Å²) in [6.07, 6.45) is 0. The molecule has 1 amide bonds. The smallest absolute Gasteiger partial charge is 0.253 e. The molecule has 3 N–H and O–H groups in total. The largest absolute Gasteiger partial charge is 0.495 e. The van der Waals surface area contributed by atoms with Crippen LogP contribution in [0.3, 0.4) is 0 Å². The van der Waals surface area contributed by atoms with E-state index in [-0.39, 0.29) is 5.91 Å². The molecular weight excluding hydrogens is 230 g/mol. The number of methoxy groups -OCH3 is 1. The van der Waals surface area contributed by atoms with E-state index in [1.807, 2.05) is 7.05 Å². The van der Waals surface area contributed by atoms with Crippen LogP contribution in [0.1, 0.15) is 17.3 Å². The standard InChI is InChI=1S/C13H21N3O2/c1-4-16(2)9-8-15-13(17)10-6-5-7-11(18-3)12(10)14/h5-7H,4,8-9,14H2,1-3H3,(H,15,17). The predicted molar refractivity (Wildman–Crippen MR) is 72.9 cm³/mol. The van der Waals surface area contributed by atoms with Gasteiger partial charge in [-0.05, 0) is 25.7 Å². The third-order valence-corrected chi connectivity index (χ3v) is 2.85. The van der Waals surface area contributed by atoms with Crippen molar-refractivity contribution in [1.29, 1.82) is 0 Å². The number of anilines is 1. The molecular formula is C13H21N3O2. The quantitative estimate of drug-likeness (QED) is 0.739. The lowest BCUT2D eigenvalue weighted by molar-refractivity contribution is 0.0950. The Morgan fingerprint density at radius 1 is 1.50 bits per heavy atom. The van der Waals surface area contributed by atoms with Gasteiger partial charge in [-0.25, -0.2) is 0 Å². The summed E-state index contributed by atoms with van der Waals surface area (Å²) in [6, 6.07) is 5.18. The van der Waals surface area contributed by atoms with Gasteiger partial charge in [0.05, 0.1) is 18.4 Å². The number of nitrogen functional groups attached to an aromatic ring is 1. The molecule has 0 fully saturated rings. The van der Waals surface area contributed by atoms with E-state index in [9.17, 15) is 4.79 Å².